The molecule has 3 nitrogen and oxygen atoms in total. The molecule has 0 aromatic rings. The van der Waals surface area contributed by atoms with Crippen LogP contribution in [0, 0.1) is 0 Å². The molecule has 1 aliphatic rings. The predicted octanol–water partition coefficient (Wildman–Crippen LogP) is 5.36. The summed E-state index contributed by atoms with van der Waals surface area (Å²) < 4.78 is 18.6. The molecule has 0 spiro atoms. The zero-order valence-electron chi connectivity index (χ0n) is 17.2. The van der Waals surface area contributed by atoms with Crippen LogP contribution in [0.4, 0.5) is 0 Å². The first kappa shape index (κ1) is 20.9. The molecule has 0 amide bonds. The Morgan fingerprint density at radius 3 is 1.96 bits per heavy atom. The third-order valence-corrected chi connectivity index (χ3v) is 10.3. The van der Waals surface area contributed by atoms with Crippen LogP contribution < -0.4 is 0 Å². The van der Waals surface area contributed by atoms with E-state index in [2.05, 4.69) is 81.5 Å². The van der Waals surface area contributed by atoms with Gasteiger partial charge in [0.2, 0.25) is 0 Å². The van der Waals surface area contributed by atoms with Gasteiger partial charge in [-0.3, -0.25) is 0 Å². The molecular formula is C18H37BO3Si. The van der Waals surface area contributed by atoms with E-state index in [1.54, 1.807) is 0 Å². The Balaban J connectivity index is 2.65. The van der Waals surface area contributed by atoms with Gasteiger partial charge in [-0.15, -0.1) is 0 Å². The molecule has 0 aliphatic carbocycles. The maximum Gasteiger partial charge on any atom is 0.489 e. The van der Waals surface area contributed by atoms with E-state index in [9.17, 15) is 0 Å². The van der Waals surface area contributed by atoms with E-state index in [0.29, 0.717) is 0 Å². The Hall–Kier alpha value is -0.0982. The Kier molecular flexibility index (Phi) is 6.07. The molecule has 5 heteroatoms. The molecule has 0 aromatic carbocycles. The van der Waals surface area contributed by atoms with E-state index in [0.717, 1.165) is 11.9 Å². The molecule has 0 saturated carbocycles. The zero-order valence-corrected chi connectivity index (χ0v) is 18.2. The summed E-state index contributed by atoms with van der Waals surface area (Å²) >= 11 is 0. The third-order valence-electron chi connectivity index (χ3n) is 5.70. The topological polar surface area (TPSA) is 27.7 Å². The van der Waals surface area contributed by atoms with Gasteiger partial charge >= 0.3 is 7.12 Å². The van der Waals surface area contributed by atoms with Gasteiger partial charge in [0.05, 0.1) is 11.2 Å². The summed E-state index contributed by atoms with van der Waals surface area (Å²) in [5.74, 6) is 0. The molecule has 0 radical (unpaired) electrons. The second-order valence-corrected chi connectivity index (χ2v) is 14.2. The van der Waals surface area contributed by atoms with Crippen LogP contribution in [0.3, 0.4) is 0 Å². The largest absolute Gasteiger partial charge is 0.489 e. The Morgan fingerprint density at radius 2 is 1.57 bits per heavy atom. The van der Waals surface area contributed by atoms with E-state index in [1.807, 2.05) is 0 Å². The van der Waals surface area contributed by atoms with Crippen LogP contribution in [-0.2, 0) is 13.7 Å². The average Bonchev–Trinajstić information content (AvgIpc) is 2.53. The van der Waals surface area contributed by atoms with Crippen molar-refractivity contribution in [3.8, 4) is 0 Å². The van der Waals surface area contributed by atoms with E-state index in [-0.39, 0.29) is 29.5 Å². The van der Waals surface area contributed by atoms with Crippen molar-refractivity contribution < 1.29 is 13.7 Å². The van der Waals surface area contributed by atoms with Gasteiger partial charge in [0, 0.05) is 6.10 Å². The maximum absolute atomic E-state index is 6.41. The minimum atomic E-state index is -1.71. The average molecular weight is 340 g/mol. The summed E-state index contributed by atoms with van der Waals surface area (Å²) in [6.45, 7) is 24.0. The fraction of sp³-hybridized carbons (Fsp3) is 0.889. The van der Waals surface area contributed by atoms with Crippen LogP contribution in [0.25, 0.3) is 0 Å². The molecule has 1 fully saturated rings. The Bertz CT molecular complexity index is 434. The SMILES string of the molecule is C/C(=C\C[C@@H](C)O[Si](C)(C)C(C)(C)C)B1OC(C)(C)C(C)(C)O1. The van der Waals surface area contributed by atoms with Gasteiger partial charge in [0.1, 0.15) is 0 Å². The molecule has 0 aromatic heterocycles. The fourth-order valence-corrected chi connectivity index (χ4v) is 3.66. The normalized spacial score (nSPS) is 23.3. The molecule has 1 heterocycles. The van der Waals surface area contributed by atoms with Crippen LogP contribution in [-0.4, -0.2) is 32.7 Å². The van der Waals surface area contributed by atoms with Crippen molar-refractivity contribution in [3.05, 3.63) is 11.5 Å². The second-order valence-electron chi connectivity index (χ2n) is 9.46. The van der Waals surface area contributed by atoms with E-state index < -0.39 is 8.32 Å². The third kappa shape index (κ3) is 4.94. The zero-order chi connectivity index (χ0) is 18.3. The highest BCUT2D eigenvalue weighted by molar-refractivity contribution is 6.74. The molecule has 1 rings (SSSR count). The van der Waals surface area contributed by atoms with Gasteiger partial charge in [-0.1, -0.05) is 26.8 Å². The highest BCUT2D eigenvalue weighted by Gasteiger charge is 2.51. The van der Waals surface area contributed by atoms with Crippen molar-refractivity contribution in [2.75, 3.05) is 0 Å². The monoisotopic (exact) mass is 340 g/mol. The van der Waals surface area contributed by atoms with Crippen LogP contribution in [0.2, 0.25) is 18.1 Å². The maximum atomic E-state index is 6.41. The Morgan fingerprint density at radius 1 is 1.13 bits per heavy atom. The molecule has 0 unspecified atom stereocenters. The quantitative estimate of drug-likeness (QED) is 0.630. The highest BCUT2D eigenvalue weighted by atomic mass is 28.4. The standard InChI is InChI=1S/C18H37BO3Si/c1-14(19-21-17(6,7)18(8,9)22-19)12-13-15(2)20-23(10,11)16(3,4)5/h12,15H,13H2,1-11H3/b14-12+/t15-/m1/s1. The minimum Gasteiger partial charge on any atom is -0.414 e. The van der Waals surface area contributed by atoms with Crippen molar-refractivity contribution in [1.29, 1.82) is 0 Å². The second kappa shape index (κ2) is 6.66. The van der Waals surface area contributed by atoms with Crippen molar-refractivity contribution in [3.63, 3.8) is 0 Å². The smallest absolute Gasteiger partial charge is 0.414 e. The predicted molar refractivity (Wildman–Crippen MR) is 102 cm³/mol. The van der Waals surface area contributed by atoms with Crippen molar-refractivity contribution in [1.82, 2.24) is 0 Å². The lowest BCUT2D eigenvalue weighted by Gasteiger charge is -2.38. The lowest BCUT2D eigenvalue weighted by Crippen LogP contribution is -2.43. The first-order valence-corrected chi connectivity index (χ1v) is 11.7. The summed E-state index contributed by atoms with van der Waals surface area (Å²) in [5, 5.41) is 0.242. The van der Waals surface area contributed by atoms with Gasteiger partial charge in [0.25, 0.3) is 0 Å². The molecular weight excluding hydrogens is 303 g/mol. The molecule has 0 N–H and O–H groups in total. The summed E-state index contributed by atoms with van der Waals surface area (Å²) in [6, 6.07) is 0. The van der Waals surface area contributed by atoms with Gasteiger partial charge < -0.3 is 13.7 Å². The van der Waals surface area contributed by atoms with Gasteiger partial charge in [-0.2, -0.15) is 0 Å². The molecule has 1 aliphatic heterocycles. The number of hydrogen-bond donors (Lipinski definition) is 0. The van der Waals surface area contributed by atoms with E-state index in [4.69, 9.17) is 13.7 Å². The lowest BCUT2D eigenvalue weighted by atomic mass is 9.79. The van der Waals surface area contributed by atoms with Crippen LogP contribution >= 0.6 is 0 Å². The van der Waals surface area contributed by atoms with E-state index in [1.165, 1.54) is 0 Å². The van der Waals surface area contributed by atoms with Crippen molar-refractivity contribution in [2.24, 2.45) is 0 Å². The highest BCUT2D eigenvalue weighted by Crippen LogP contribution is 2.39. The molecule has 0 bridgehead atoms. The van der Waals surface area contributed by atoms with Gasteiger partial charge in [0.15, 0.2) is 8.32 Å². The summed E-state index contributed by atoms with van der Waals surface area (Å²) in [7, 11) is -1.96. The number of allylic oxidation sites excluding steroid dienone is 1. The summed E-state index contributed by atoms with van der Waals surface area (Å²) in [5.41, 5.74) is 0.570. The van der Waals surface area contributed by atoms with Crippen molar-refractivity contribution in [2.45, 2.75) is 104 Å². The molecule has 23 heavy (non-hydrogen) atoms. The number of hydrogen-bond acceptors (Lipinski definition) is 3. The Labute approximate surface area is 145 Å². The summed E-state index contributed by atoms with van der Waals surface area (Å²) in [4.78, 5) is 0. The first-order chi connectivity index (χ1) is 10.1. The van der Waals surface area contributed by atoms with Crippen LogP contribution in [0.15, 0.2) is 11.5 Å². The minimum absolute atomic E-state index is 0.216. The van der Waals surface area contributed by atoms with Gasteiger partial charge in [-0.05, 0) is 71.6 Å². The van der Waals surface area contributed by atoms with Crippen LogP contribution in [0.1, 0.15) is 68.7 Å². The van der Waals surface area contributed by atoms with Gasteiger partial charge in [-0.25, -0.2) is 0 Å². The van der Waals surface area contributed by atoms with Crippen LogP contribution in [0.5, 0.6) is 0 Å². The fourth-order valence-electron chi connectivity index (χ4n) is 2.20. The summed E-state index contributed by atoms with van der Waals surface area (Å²) in [6.07, 6.45) is 3.32. The molecule has 134 valence electrons. The first-order valence-electron chi connectivity index (χ1n) is 8.79. The van der Waals surface area contributed by atoms with E-state index >= 15 is 0 Å². The molecule has 1 atom stereocenters. The number of rotatable bonds is 5. The lowest BCUT2D eigenvalue weighted by molar-refractivity contribution is 0.00578. The molecule has 1 saturated heterocycles. The van der Waals surface area contributed by atoms with Crippen molar-refractivity contribution >= 4 is 15.4 Å².